The largest absolute Gasteiger partial charge is 0.457 e. The number of halogens is 1. The maximum Gasteiger partial charge on any atom is 0.379 e. The molecule has 0 bridgehead atoms. The maximum absolute atomic E-state index is 13.3. The molecule has 1 aliphatic rings. The SMILES string of the molecule is O=C(CN(C(=O)c1ccccc1Cl)N1C(=O)CCCC1=O)c1ccc(OC(=O)c2ccco2)cc1. The molecular formula is C25H19ClN2O7. The molecule has 3 amide bonds. The first-order valence-electron chi connectivity index (χ1n) is 10.7. The van der Waals surface area contributed by atoms with Crippen LogP contribution in [-0.2, 0) is 9.59 Å². The molecule has 1 aliphatic heterocycles. The Kier molecular flexibility index (Phi) is 7.07. The van der Waals surface area contributed by atoms with Gasteiger partial charge in [-0.05, 0) is 55.0 Å². The molecule has 2 heterocycles. The second-order valence-corrected chi connectivity index (χ2v) is 8.02. The Morgan fingerprint density at radius 3 is 2.26 bits per heavy atom. The summed E-state index contributed by atoms with van der Waals surface area (Å²) in [6.45, 7) is -0.576. The van der Waals surface area contributed by atoms with Crippen LogP contribution >= 0.6 is 11.6 Å². The summed E-state index contributed by atoms with van der Waals surface area (Å²) in [5.74, 6) is -2.95. The molecular weight excluding hydrogens is 476 g/mol. The van der Waals surface area contributed by atoms with E-state index >= 15 is 0 Å². The van der Waals surface area contributed by atoms with E-state index in [1.54, 1.807) is 18.2 Å². The predicted molar refractivity (Wildman–Crippen MR) is 123 cm³/mol. The van der Waals surface area contributed by atoms with E-state index < -0.39 is 36.0 Å². The quantitative estimate of drug-likeness (QED) is 0.211. The fourth-order valence-electron chi connectivity index (χ4n) is 3.51. The first-order valence-corrected chi connectivity index (χ1v) is 11.0. The topological polar surface area (TPSA) is 114 Å². The zero-order valence-electron chi connectivity index (χ0n) is 18.3. The van der Waals surface area contributed by atoms with Gasteiger partial charge in [-0.1, -0.05) is 23.7 Å². The minimum absolute atomic E-state index is 0.0229. The molecule has 0 saturated carbocycles. The highest BCUT2D eigenvalue weighted by atomic mass is 35.5. The van der Waals surface area contributed by atoms with Gasteiger partial charge in [0.25, 0.3) is 5.91 Å². The zero-order valence-corrected chi connectivity index (χ0v) is 19.1. The minimum Gasteiger partial charge on any atom is -0.457 e. The number of hydrogen-bond donors (Lipinski definition) is 0. The van der Waals surface area contributed by atoms with E-state index in [0.29, 0.717) is 6.42 Å². The van der Waals surface area contributed by atoms with Crippen LogP contribution < -0.4 is 4.74 Å². The number of carbonyl (C=O) groups is 5. The molecule has 4 rings (SSSR count). The third-order valence-corrected chi connectivity index (χ3v) is 5.57. The fourth-order valence-corrected chi connectivity index (χ4v) is 3.72. The number of esters is 1. The van der Waals surface area contributed by atoms with Crippen LogP contribution in [0.15, 0.2) is 71.3 Å². The number of hydrogen-bond acceptors (Lipinski definition) is 7. The van der Waals surface area contributed by atoms with Crippen LogP contribution in [0.2, 0.25) is 5.02 Å². The maximum atomic E-state index is 13.3. The van der Waals surface area contributed by atoms with E-state index in [9.17, 15) is 24.0 Å². The second-order valence-electron chi connectivity index (χ2n) is 7.61. The van der Waals surface area contributed by atoms with Gasteiger partial charge in [0.15, 0.2) is 5.78 Å². The number of ketones is 1. The number of carbonyl (C=O) groups excluding carboxylic acids is 5. The van der Waals surface area contributed by atoms with Gasteiger partial charge in [0.2, 0.25) is 17.6 Å². The molecule has 10 heteroatoms. The number of Topliss-reactive ketones (excluding diaryl/α,β-unsaturated/α-hetero) is 1. The van der Waals surface area contributed by atoms with Crippen LogP contribution in [-0.4, -0.2) is 46.0 Å². The molecule has 0 aliphatic carbocycles. The summed E-state index contributed by atoms with van der Waals surface area (Å²) in [5.41, 5.74) is 0.227. The lowest BCUT2D eigenvalue weighted by Crippen LogP contribution is -2.56. The number of ether oxygens (including phenoxy) is 1. The number of furan rings is 1. The minimum atomic E-state index is -0.753. The van der Waals surface area contributed by atoms with Crippen molar-refractivity contribution in [2.24, 2.45) is 0 Å². The predicted octanol–water partition coefficient (Wildman–Crippen LogP) is 3.93. The summed E-state index contributed by atoms with van der Waals surface area (Å²) >= 11 is 6.16. The van der Waals surface area contributed by atoms with E-state index in [-0.39, 0.29) is 40.5 Å². The number of benzene rings is 2. The first kappa shape index (κ1) is 23.9. The van der Waals surface area contributed by atoms with Gasteiger partial charge < -0.3 is 9.15 Å². The van der Waals surface area contributed by atoms with E-state index in [1.165, 1.54) is 48.7 Å². The van der Waals surface area contributed by atoms with Crippen LogP contribution in [0, 0.1) is 0 Å². The standard InChI is InChI=1S/C25H19ClN2O7/c26-19-6-2-1-5-18(19)24(32)27(28-22(30)8-3-9-23(28)31)15-20(29)16-10-12-17(13-11-16)35-25(33)21-7-4-14-34-21/h1-2,4-7,10-14H,3,8-9,15H2. The van der Waals surface area contributed by atoms with Crippen molar-refractivity contribution in [3.05, 3.63) is 88.8 Å². The zero-order chi connectivity index (χ0) is 24.9. The van der Waals surface area contributed by atoms with Gasteiger partial charge in [0, 0.05) is 18.4 Å². The number of hydrazine groups is 1. The van der Waals surface area contributed by atoms with Crippen molar-refractivity contribution in [3.63, 3.8) is 0 Å². The van der Waals surface area contributed by atoms with Crippen molar-refractivity contribution in [2.75, 3.05) is 6.54 Å². The van der Waals surface area contributed by atoms with Crippen molar-refractivity contribution in [2.45, 2.75) is 19.3 Å². The van der Waals surface area contributed by atoms with E-state index in [0.717, 1.165) is 10.0 Å². The Morgan fingerprint density at radius 2 is 1.63 bits per heavy atom. The Morgan fingerprint density at radius 1 is 0.943 bits per heavy atom. The van der Waals surface area contributed by atoms with Crippen molar-refractivity contribution in [1.29, 1.82) is 0 Å². The van der Waals surface area contributed by atoms with Crippen molar-refractivity contribution in [1.82, 2.24) is 10.0 Å². The average Bonchev–Trinajstić information content (AvgIpc) is 3.39. The van der Waals surface area contributed by atoms with Gasteiger partial charge in [0.05, 0.1) is 16.8 Å². The molecule has 1 aromatic heterocycles. The van der Waals surface area contributed by atoms with Crippen molar-refractivity contribution < 1.29 is 33.1 Å². The Bertz CT molecular complexity index is 1270. The Hall–Kier alpha value is -4.24. The molecule has 9 nitrogen and oxygen atoms in total. The first-order chi connectivity index (χ1) is 16.8. The lowest BCUT2D eigenvalue weighted by molar-refractivity contribution is -0.162. The van der Waals surface area contributed by atoms with Crippen LogP contribution in [0.4, 0.5) is 0 Å². The fraction of sp³-hybridized carbons (Fsp3) is 0.160. The van der Waals surface area contributed by atoms with Crippen LogP contribution in [0.3, 0.4) is 0 Å². The van der Waals surface area contributed by atoms with Gasteiger partial charge in [-0.15, -0.1) is 0 Å². The molecule has 0 N–H and O–H groups in total. The summed E-state index contributed by atoms with van der Waals surface area (Å²) < 4.78 is 10.2. The van der Waals surface area contributed by atoms with Crippen molar-refractivity contribution in [3.8, 4) is 5.75 Å². The Labute approximate surface area is 204 Å². The average molecular weight is 495 g/mol. The summed E-state index contributed by atoms with van der Waals surface area (Å²) in [4.78, 5) is 63.4. The molecule has 3 aromatic rings. The molecule has 1 saturated heterocycles. The molecule has 0 unspecified atom stereocenters. The third-order valence-electron chi connectivity index (χ3n) is 5.24. The smallest absolute Gasteiger partial charge is 0.379 e. The third kappa shape index (κ3) is 5.30. The number of nitrogens with zero attached hydrogens (tertiary/aromatic N) is 2. The number of rotatable bonds is 7. The van der Waals surface area contributed by atoms with Gasteiger partial charge in [-0.3, -0.25) is 19.2 Å². The van der Waals surface area contributed by atoms with Crippen LogP contribution in [0.5, 0.6) is 5.75 Å². The molecule has 0 spiro atoms. The van der Waals surface area contributed by atoms with E-state index in [2.05, 4.69) is 0 Å². The van der Waals surface area contributed by atoms with Crippen LogP contribution in [0.1, 0.15) is 50.5 Å². The highest BCUT2D eigenvalue weighted by Gasteiger charge is 2.36. The summed E-state index contributed by atoms with van der Waals surface area (Å²) in [5, 5.41) is 1.68. The monoisotopic (exact) mass is 494 g/mol. The van der Waals surface area contributed by atoms with Crippen LogP contribution in [0.25, 0.3) is 0 Å². The molecule has 35 heavy (non-hydrogen) atoms. The van der Waals surface area contributed by atoms with Gasteiger partial charge in [0.1, 0.15) is 12.3 Å². The van der Waals surface area contributed by atoms with Gasteiger partial charge >= 0.3 is 5.97 Å². The second kappa shape index (κ2) is 10.4. The van der Waals surface area contributed by atoms with Crippen molar-refractivity contribution >= 4 is 41.1 Å². The lowest BCUT2D eigenvalue weighted by Gasteiger charge is -2.35. The summed E-state index contributed by atoms with van der Waals surface area (Å²) in [6, 6.07) is 14.8. The van der Waals surface area contributed by atoms with Gasteiger partial charge in [-0.2, -0.15) is 5.01 Å². The van der Waals surface area contributed by atoms with E-state index in [1.807, 2.05) is 0 Å². The molecule has 1 fully saturated rings. The molecule has 0 radical (unpaired) electrons. The number of piperidine rings is 1. The highest BCUT2D eigenvalue weighted by molar-refractivity contribution is 6.34. The van der Waals surface area contributed by atoms with Gasteiger partial charge in [-0.25, -0.2) is 9.80 Å². The summed E-state index contributed by atoms with van der Waals surface area (Å²) in [6.07, 6.45) is 1.85. The Balaban J connectivity index is 1.55. The van der Waals surface area contributed by atoms with E-state index in [4.69, 9.17) is 20.8 Å². The normalized spacial score (nSPS) is 13.5. The highest BCUT2D eigenvalue weighted by Crippen LogP contribution is 2.23. The number of amides is 3. The number of imide groups is 1. The summed E-state index contributed by atoms with van der Waals surface area (Å²) in [7, 11) is 0. The molecule has 2 aromatic carbocycles. The molecule has 0 atom stereocenters. The molecule has 178 valence electrons. The lowest BCUT2D eigenvalue weighted by atomic mass is 10.1.